The molecular formula is C32H30FN5O. The Labute approximate surface area is 228 Å². The third-order valence-electron chi connectivity index (χ3n) is 6.55. The molecule has 39 heavy (non-hydrogen) atoms. The molecule has 3 N–H and O–H groups in total. The largest absolute Gasteiger partial charge is 0.369 e. The summed E-state index contributed by atoms with van der Waals surface area (Å²) >= 11 is 0. The van der Waals surface area contributed by atoms with Crippen molar-refractivity contribution < 1.29 is 9.18 Å². The molecule has 0 bridgehead atoms. The molecule has 1 saturated heterocycles. The van der Waals surface area contributed by atoms with Gasteiger partial charge in [0.2, 0.25) is 0 Å². The highest BCUT2D eigenvalue weighted by molar-refractivity contribution is 5.90. The van der Waals surface area contributed by atoms with Gasteiger partial charge in [0.15, 0.2) is 0 Å². The molecule has 7 heteroatoms. The number of halogens is 1. The number of nitrogens with one attached hydrogen (secondary N) is 3. The molecule has 0 spiro atoms. The van der Waals surface area contributed by atoms with Gasteiger partial charge in [-0.1, -0.05) is 36.1 Å². The Morgan fingerprint density at radius 3 is 2.51 bits per heavy atom. The zero-order valence-corrected chi connectivity index (χ0v) is 21.6. The van der Waals surface area contributed by atoms with Crippen LogP contribution in [0.2, 0.25) is 0 Å². The molecule has 2 amide bonds. The monoisotopic (exact) mass is 519 g/mol. The molecule has 1 fully saturated rings. The number of piperazine rings is 1. The number of anilines is 2. The number of rotatable bonds is 6. The Kier molecular flexibility index (Phi) is 8.47. The highest BCUT2D eigenvalue weighted by Gasteiger charge is 2.12. The summed E-state index contributed by atoms with van der Waals surface area (Å²) in [6, 6.07) is 23.9. The number of benzene rings is 3. The fraction of sp³-hybridized carbons (Fsp3) is 0.188. The fourth-order valence-electron chi connectivity index (χ4n) is 4.47. The minimum atomic E-state index is -0.299. The van der Waals surface area contributed by atoms with Crippen molar-refractivity contribution >= 4 is 17.4 Å². The molecule has 0 atom stereocenters. The van der Waals surface area contributed by atoms with E-state index in [9.17, 15) is 9.18 Å². The molecule has 0 unspecified atom stereocenters. The van der Waals surface area contributed by atoms with Crippen molar-refractivity contribution in [1.82, 2.24) is 15.6 Å². The van der Waals surface area contributed by atoms with Crippen LogP contribution in [0.1, 0.15) is 16.7 Å². The lowest BCUT2D eigenvalue weighted by molar-refractivity contribution is 0.252. The summed E-state index contributed by atoms with van der Waals surface area (Å²) in [5.41, 5.74) is 6.36. The van der Waals surface area contributed by atoms with E-state index >= 15 is 0 Å². The first kappa shape index (κ1) is 26.0. The van der Waals surface area contributed by atoms with E-state index in [-0.39, 0.29) is 11.8 Å². The summed E-state index contributed by atoms with van der Waals surface area (Å²) in [7, 11) is 0. The topological polar surface area (TPSA) is 69.3 Å². The first-order valence-corrected chi connectivity index (χ1v) is 13.1. The van der Waals surface area contributed by atoms with Gasteiger partial charge < -0.3 is 20.9 Å². The number of hydrogen-bond donors (Lipinski definition) is 3. The first-order valence-electron chi connectivity index (χ1n) is 13.1. The van der Waals surface area contributed by atoms with Gasteiger partial charge in [-0.3, -0.25) is 4.98 Å². The Hall–Kier alpha value is -4.67. The molecule has 5 rings (SSSR count). The zero-order valence-electron chi connectivity index (χ0n) is 21.6. The van der Waals surface area contributed by atoms with Crippen molar-refractivity contribution in [2.75, 3.05) is 42.9 Å². The van der Waals surface area contributed by atoms with Gasteiger partial charge in [-0.2, -0.15) is 0 Å². The average molecular weight is 520 g/mol. The Morgan fingerprint density at radius 1 is 0.974 bits per heavy atom. The number of carbonyl (C=O) groups is 1. The number of urea groups is 1. The number of aromatic nitrogens is 1. The van der Waals surface area contributed by atoms with Crippen LogP contribution >= 0.6 is 0 Å². The van der Waals surface area contributed by atoms with Gasteiger partial charge in [-0.25, -0.2) is 9.18 Å². The normalized spacial score (nSPS) is 12.8. The van der Waals surface area contributed by atoms with Crippen LogP contribution in [0.25, 0.3) is 11.1 Å². The van der Waals surface area contributed by atoms with E-state index in [1.807, 2.05) is 30.3 Å². The molecule has 1 aliphatic rings. The lowest BCUT2D eigenvalue weighted by atomic mass is 9.98. The predicted octanol–water partition coefficient (Wildman–Crippen LogP) is 5.06. The second-order valence-corrected chi connectivity index (χ2v) is 9.29. The van der Waals surface area contributed by atoms with Crippen molar-refractivity contribution in [3.05, 3.63) is 114 Å². The van der Waals surface area contributed by atoms with Crippen molar-refractivity contribution in [2.45, 2.75) is 6.42 Å². The molecular weight excluding hydrogens is 489 g/mol. The van der Waals surface area contributed by atoms with Crippen LogP contribution in [0.3, 0.4) is 0 Å². The SMILES string of the molecule is O=C(NCCc1cccnc1)Nc1ccc(-c2ccc(N3CCNCC3)cc2)c(C#Cc2ccc(F)cc2)c1. The van der Waals surface area contributed by atoms with Gasteiger partial charge in [-0.15, -0.1) is 0 Å². The van der Waals surface area contributed by atoms with Crippen molar-refractivity contribution in [3.63, 3.8) is 0 Å². The van der Waals surface area contributed by atoms with Crippen LogP contribution in [0.15, 0.2) is 91.3 Å². The number of pyridine rings is 1. The molecule has 1 aromatic heterocycles. The van der Waals surface area contributed by atoms with Gasteiger partial charge in [0, 0.05) is 67.6 Å². The summed E-state index contributed by atoms with van der Waals surface area (Å²) in [5.74, 6) is 6.06. The van der Waals surface area contributed by atoms with Crippen LogP contribution in [0.4, 0.5) is 20.6 Å². The van der Waals surface area contributed by atoms with E-state index in [4.69, 9.17) is 0 Å². The van der Waals surface area contributed by atoms with Crippen molar-refractivity contribution in [1.29, 1.82) is 0 Å². The second-order valence-electron chi connectivity index (χ2n) is 9.29. The van der Waals surface area contributed by atoms with Crippen molar-refractivity contribution in [3.8, 4) is 23.0 Å². The third-order valence-corrected chi connectivity index (χ3v) is 6.55. The fourth-order valence-corrected chi connectivity index (χ4v) is 4.47. The standard InChI is InChI=1S/C32H30FN5O/c33-28-9-4-24(5-10-28)3-6-27-22-29(37-32(39)36-17-15-25-2-1-16-35-23-25)11-14-31(27)26-7-12-30(13-8-26)38-20-18-34-19-21-38/h1-2,4-5,7-14,16,22-23,34H,15,17-21H2,(H2,36,37,39). The number of carbonyl (C=O) groups excluding carboxylic acids is 1. The molecule has 196 valence electrons. The summed E-state index contributed by atoms with van der Waals surface area (Å²) in [6.07, 6.45) is 4.21. The summed E-state index contributed by atoms with van der Waals surface area (Å²) in [5, 5.41) is 9.18. The van der Waals surface area contributed by atoms with Crippen LogP contribution in [-0.2, 0) is 6.42 Å². The number of nitrogens with zero attached hydrogens (tertiary/aromatic N) is 2. The summed E-state index contributed by atoms with van der Waals surface area (Å²) in [6.45, 7) is 4.43. The van der Waals surface area contributed by atoms with E-state index in [0.717, 1.165) is 48.4 Å². The van der Waals surface area contributed by atoms with Crippen LogP contribution < -0.4 is 20.9 Å². The Balaban J connectivity index is 1.35. The minimum absolute atomic E-state index is 0.288. The molecule has 6 nitrogen and oxygen atoms in total. The molecule has 2 heterocycles. The lowest BCUT2D eigenvalue weighted by Crippen LogP contribution is -2.43. The summed E-state index contributed by atoms with van der Waals surface area (Å²) < 4.78 is 13.4. The summed E-state index contributed by atoms with van der Waals surface area (Å²) in [4.78, 5) is 19.0. The van der Waals surface area contributed by atoms with E-state index in [0.29, 0.717) is 24.2 Å². The second kappa shape index (κ2) is 12.7. The van der Waals surface area contributed by atoms with Crippen LogP contribution in [-0.4, -0.2) is 43.7 Å². The maximum atomic E-state index is 13.4. The van der Waals surface area contributed by atoms with E-state index in [1.165, 1.54) is 17.8 Å². The van der Waals surface area contributed by atoms with E-state index in [2.05, 4.69) is 61.9 Å². The third kappa shape index (κ3) is 7.22. The lowest BCUT2D eigenvalue weighted by Gasteiger charge is -2.29. The molecule has 0 saturated carbocycles. The van der Waals surface area contributed by atoms with E-state index < -0.39 is 0 Å². The van der Waals surface area contributed by atoms with Gasteiger partial charge in [-0.05, 0) is 77.7 Å². The van der Waals surface area contributed by atoms with Crippen LogP contribution in [0.5, 0.6) is 0 Å². The molecule has 0 radical (unpaired) electrons. The van der Waals surface area contributed by atoms with Gasteiger partial charge in [0.05, 0.1) is 0 Å². The number of hydrogen-bond acceptors (Lipinski definition) is 4. The number of amides is 2. The van der Waals surface area contributed by atoms with Crippen LogP contribution in [0, 0.1) is 17.7 Å². The Morgan fingerprint density at radius 2 is 1.77 bits per heavy atom. The van der Waals surface area contributed by atoms with Gasteiger partial charge in [0.1, 0.15) is 5.82 Å². The van der Waals surface area contributed by atoms with Crippen molar-refractivity contribution in [2.24, 2.45) is 0 Å². The van der Waals surface area contributed by atoms with Gasteiger partial charge in [0.25, 0.3) is 0 Å². The predicted molar refractivity (Wildman–Crippen MR) is 154 cm³/mol. The Bertz CT molecular complexity index is 1450. The maximum Gasteiger partial charge on any atom is 0.319 e. The molecule has 0 aliphatic carbocycles. The van der Waals surface area contributed by atoms with Gasteiger partial charge >= 0.3 is 6.03 Å². The van der Waals surface area contributed by atoms with E-state index in [1.54, 1.807) is 24.5 Å². The zero-order chi connectivity index (χ0) is 26.9. The molecule has 1 aliphatic heterocycles. The maximum absolute atomic E-state index is 13.4. The quantitative estimate of drug-likeness (QED) is 0.312. The highest BCUT2D eigenvalue weighted by atomic mass is 19.1. The highest BCUT2D eigenvalue weighted by Crippen LogP contribution is 2.28. The average Bonchev–Trinajstić information content (AvgIpc) is 2.98. The molecule has 3 aromatic carbocycles. The first-order chi connectivity index (χ1) is 19.1. The smallest absolute Gasteiger partial charge is 0.319 e. The molecule has 4 aromatic rings. The minimum Gasteiger partial charge on any atom is -0.369 e.